The van der Waals surface area contributed by atoms with E-state index in [9.17, 15) is 0 Å². The maximum atomic E-state index is 4.80. The van der Waals surface area contributed by atoms with Crippen molar-refractivity contribution in [2.24, 2.45) is 0 Å². The Morgan fingerprint density at radius 2 is 2.12 bits per heavy atom. The minimum absolute atomic E-state index is 0.651. The minimum atomic E-state index is 0.651. The van der Waals surface area contributed by atoms with Gasteiger partial charge in [-0.25, -0.2) is 0 Å². The van der Waals surface area contributed by atoms with Gasteiger partial charge >= 0.3 is 0 Å². The first-order valence-electron chi connectivity index (χ1n) is 2.74. The summed E-state index contributed by atoms with van der Waals surface area (Å²) in [7, 11) is 8.84. The fourth-order valence-corrected chi connectivity index (χ4v) is 0.464. The SMILES string of the molecule is [CH]OCCCN(C)C. The van der Waals surface area contributed by atoms with Gasteiger partial charge in [-0.3, -0.25) is 0 Å². The number of hydrogen-bond donors (Lipinski definition) is 0. The quantitative estimate of drug-likeness (QED) is 0.498. The van der Waals surface area contributed by atoms with Crippen molar-refractivity contribution in [2.75, 3.05) is 27.2 Å². The molecule has 0 aliphatic heterocycles. The van der Waals surface area contributed by atoms with E-state index < -0.39 is 0 Å². The van der Waals surface area contributed by atoms with Gasteiger partial charge < -0.3 is 9.64 Å². The molecule has 2 heteroatoms. The van der Waals surface area contributed by atoms with Gasteiger partial charge in [0, 0.05) is 6.61 Å². The molecule has 0 aromatic carbocycles. The van der Waals surface area contributed by atoms with Crippen LogP contribution in [0.4, 0.5) is 0 Å². The van der Waals surface area contributed by atoms with Crippen molar-refractivity contribution >= 4 is 0 Å². The van der Waals surface area contributed by atoms with Gasteiger partial charge in [0.25, 0.3) is 0 Å². The van der Waals surface area contributed by atoms with E-state index >= 15 is 0 Å². The Morgan fingerprint density at radius 1 is 1.50 bits per heavy atom. The summed E-state index contributed by atoms with van der Waals surface area (Å²) in [4.78, 5) is 2.10. The zero-order valence-electron chi connectivity index (χ0n) is 5.55. The van der Waals surface area contributed by atoms with E-state index in [1.807, 2.05) is 14.1 Å². The fraction of sp³-hybridized carbons (Fsp3) is 0.833. The van der Waals surface area contributed by atoms with Crippen LogP contribution < -0.4 is 0 Å². The molecule has 0 aromatic heterocycles. The van der Waals surface area contributed by atoms with Crippen LogP contribution in [0.2, 0.25) is 0 Å². The summed E-state index contributed by atoms with van der Waals surface area (Å²) in [6.45, 7) is 1.69. The van der Waals surface area contributed by atoms with Crippen molar-refractivity contribution in [3.8, 4) is 0 Å². The molecule has 0 aliphatic rings. The minimum Gasteiger partial charge on any atom is -0.373 e. The molecule has 0 amide bonds. The summed E-state index contributed by atoms with van der Waals surface area (Å²) in [6, 6.07) is 0. The third-order valence-corrected chi connectivity index (χ3v) is 0.868. The number of ether oxygens (including phenoxy) is 1. The predicted molar refractivity (Wildman–Crippen MR) is 33.4 cm³/mol. The molecule has 0 bridgehead atoms. The lowest BCUT2D eigenvalue weighted by Crippen LogP contribution is -2.14. The second-order valence-electron chi connectivity index (χ2n) is 2.03. The van der Waals surface area contributed by atoms with Gasteiger partial charge in [0.15, 0.2) is 0 Å². The molecule has 0 unspecified atom stereocenters. The van der Waals surface area contributed by atoms with Crippen molar-refractivity contribution in [3.63, 3.8) is 0 Å². The van der Waals surface area contributed by atoms with Gasteiger partial charge in [0.2, 0.25) is 0 Å². The second kappa shape index (κ2) is 5.06. The molecule has 0 fully saturated rings. The van der Waals surface area contributed by atoms with Gasteiger partial charge in [0.1, 0.15) is 7.11 Å². The monoisotopic (exact) mass is 115 g/mol. The van der Waals surface area contributed by atoms with Crippen LogP contribution in [0.3, 0.4) is 0 Å². The zero-order valence-corrected chi connectivity index (χ0v) is 5.55. The van der Waals surface area contributed by atoms with Crippen LogP contribution >= 0.6 is 0 Å². The maximum Gasteiger partial charge on any atom is 0.115 e. The Labute approximate surface area is 51.4 Å². The van der Waals surface area contributed by atoms with Crippen LogP contribution in [-0.2, 0) is 4.74 Å². The molecule has 0 saturated carbocycles. The topological polar surface area (TPSA) is 12.5 Å². The average Bonchev–Trinajstić information content (AvgIpc) is 1.66. The van der Waals surface area contributed by atoms with Crippen molar-refractivity contribution < 1.29 is 4.74 Å². The van der Waals surface area contributed by atoms with Crippen molar-refractivity contribution in [2.45, 2.75) is 6.42 Å². The average molecular weight is 115 g/mol. The van der Waals surface area contributed by atoms with E-state index in [1.54, 1.807) is 0 Å². The summed E-state index contributed by atoms with van der Waals surface area (Å²) in [5.41, 5.74) is 0. The van der Waals surface area contributed by atoms with Crippen molar-refractivity contribution in [1.29, 1.82) is 0 Å². The second-order valence-corrected chi connectivity index (χ2v) is 2.03. The molecule has 0 aromatic rings. The highest BCUT2D eigenvalue weighted by Gasteiger charge is 1.86. The van der Waals surface area contributed by atoms with Crippen LogP contribution in [0.15, 0.2) is 0 Å². The molecule has 2 nitrogen and oxygen atoms in total. The smallest absolute Gasteiger partial charge is 0.115 e. The summed E-state index contributed by atoms with van der Waals surface area (Å²) >= 11 is 0. The first-order valence-corrected chi connectivity index (χ1v) is 2.74. The molecule has 0 spiro atoms. The Balaban J connectivity index is 2.72. The maximum absolute atomic E-state index is 4.80. The normalized spacial score (nSPS) is 10.5. The Kier molecular flexibility index (Phi) is 5.01. The lowest BCUT2D eigenvalue weighted by atomic mass is 10.4. The zero-order chi connectivity index (χ0) is 6.41. The van der Waals surface area contributed by atoms with Crippen LogP contribution in [0.5, 0.6) is 0 Å². The highest BCUT2D eigenvalue weighted by molar-refractivity contribution is 4.41. The third-order valence-electron chi connectivity index (χ3n) is 0.868. The standard InChI is InChI=1S/C6H13NO/c1-7(2)5-4-6-8-3/h3H,4-6H2,1-2H3. The van der Waals surface area contributed by atoms with Crippen LogP contribution in [0.1, 0.15) is 6.42 Å². The summed E-state index contributed by atoms with van der Waals surface area (Å²) in [6.07, 6.45) is 1.00. The molecule has 0 saturated heterocycles. The lowest BCUT2D eigenvalue weighted by Gasteiger charge is -2.06. The molecule has 0 aliphatic carbocycles. The van der Waals surface area contributed by atoms with E-state index in [4.69, 9.17) is 7.11 Å². The van der Waals surface area contributed by atoms with Gasteiger partial charge in [-0.2, -0.15) is 0 Å². The third kappa shape index (κ3) is 5.92. The van der Waals surface area contributed by atoms with Crippen molar-refractivity contribution in [1.82, 2.24) is 4.90 Å². The van der Waals surface area contributed by atoms with E-state index in [-0.39, 0.29) is 0 Å². The van der Waals surface area contributed by atoms with Gasteiger partial charge in [-0.1, -0.05) is 0 Å². The first kappa shape index (κ1) is 7.92. The van der Waals surface area contributed by atoms with Gasteiger partial charge in [0.05, 0.1) is 0 Å². The fourth-order valence-electron chi connectivity index (χ4n) is 0.464. The van der Waals surface area contributed by atoms with Crippen LogP contribution in [-0.4, -0.2) is 32.1 Å². The highest BCUT2D eigenvalue weighted by atomic mass is 16.5. The Bertz CT molecular complexity index is 45.8. The van der Waals surface area contributed by atoms with E-state index in [0.717, 1.165) is 13.0 Å². The highest BCUT2D eigenvalue weighted by Crippen LogP contribution is 1.82. The Morgan fingerprint density at radius 3 is 2.50 bits per heavy atom. The van der Waals surface area contributed by atoms with Crippen molar-refractivity contribution in [3.05, 3.63) is 7.11 Å². The molecular formula is C6H13NO. The molecule has 48 valence electrons. The molecule has 0 rings (SSSR count). The molecule has 0 N–H and O–H groups in total. The molecule has 0 heterocycles. The van der Waals surface area contributed by atoms with E-state index in [0.29, 0.717) is 6.61 Å². The number of nitrogens with zero attached hydrogens (tertiary/aromatic N) is 1. The van der Waals surface area contributed by atoms with Gasteiger partial charge in [-0.15, -0.1) is 0 Å². The number of rotatable bonds is 4. The Hall–Kier alpha value is -0.0800. The first-order chi connectivity index (χ1) is 3.77. The summed E-state index contributed by atoms with van der Waals surface area (Å²) < 4.78 is 4.37. The molecular weight excluding hydrogens is 102 g/mol. The van der Waals surface area contributed by atoms with Gasteiger partial charge in [-0.05, 0) is 27.1 Å². The van der Waals surface area contributed by atoms with E-state index in [2.05, 4.69) is 9.64 Å². The predicted octanol–water partition coefficient (Wildman–Crippen LogP) is 0.623. The molecule has 2 radical (unpaired) electrons. The summed E-state index contributed by atoms with van der Waals surface area (Å²) in [5, 5.41) is 0. The van der Waals surface area contributed by atoms with Crippen LogP contribution in [0.25, 0.3) is 0 Å². The lowest BCUT2D eigenvalue weighted by molar-refractivity contribution is 0.222. The largest absolute Gasteiger partial charge is 0.373 e. The molecule has 0 atom stereocenters. The summed E-state index contributed by atoms with van der Waals surface area (Å²) in [5.74, 6) is 0. The van der Waals surface area contributed by atoms with E-state index in [1.165, 1.54) is 0 Å². The number of hydrogen-bond acceptors (Lipinski definition) is 2. The molecule has 8 heavy (non-hydrogen) atoms. The van der Waals surface area contributed by atoms with Crippen LogP contribution in [0, 0.1) is 7.11 Å².